The topological polar surface area (TPSA) is 192 Å². The molecule has 0 aromatic heterocycles. The third-order valence-corrected chi connectivity index (χ3v) is 14.2. The molecule has 14 nitrogen and oxygen atoms in total. The minimum atomic E-state index is -3.98. The number of rotatable bonds is 11. The van der Waals surface area contributed by atoms with Crippen LogP contribution in [0.1, 0.15) is 65.5 Å². The van der Waals surface area contributed by atoms with Crippen LogP contribution in [-0.4, -0.2) is 53.2 Å². The average Bonchev–Trinajstić information content (AvgIpc) is 3.86. The minimum Gasteiger partial charge on any atom is -0.344 e. The van der Waals surface area contributed by atoms with Gasteiger partial charge >= 0.3 is 0 Å². The van der Waals surface area contributed by atoms with Crippen LogP contribution in [0, 0.1) is 0 Å². The molecule has 4 N–H and O–H groups in total. The lowest BCUT2D eigenvalue weighted by atomic mass is 9.83. The molecule has 4 aliphatic rings. The number of benzene rings is 4. The molecule has 0 saturated carbocycles. The van der Waals surface area contributed by atoms with Gasteiger partial charge in [-0.15, -0.1) is 0 Å². The molecule has 8 rings (SSSR count). The highest BCUT2D eigenvalue weighted by atomic mass is 32.2. The molecule has 0 fully saturated rings. The number of nitrogens with two attached hydrogens (primary N) is 2. The van der Waals surface area contributed by atoms with Crippen molar-refractivity contribution in [2.24, 2.45) is 20.5 Å². The molecule has 0 radical (unpaired) electrons. The Bertz CT molecular complexity index is 2850. The summed E-state index contributed by atoms with van der Waals surface area (Å²) in [4.78, 5) is 32.0. The van der Waals surface area contributed by atoms with Gasteiger partial charge in [-0.2, -0.15) is 20.2 Å². The summed E-state index contributed by atoms with van der Waals surface area (Å²) < 4.78 is 48.2. The number of carbonyl (C=O) groups is 2. The highest BCUT2D eigenvalue weighted by Gasteiger charge is 2.42. The van der Waals surface area contributed by atoms with Crippen LogP contribution < -0.4 is 30.1 Å². The number of hydrogen-bond donors (Lipinski definition) is 2. The first-order valence-electron chi connectivity index (χ1n) is 20.8. The number of nitrogens with zero attached hydrogens (tertiary/aromatic N) is 6. The Labute approximate surface area is 374 Å². The molecule has 4 heterocycles. The molecular weight excluding hydrogens is 849 g/mol. The number of anilines is 4. The third kappa shape index (κ3) is 7.91. The van der Waals surface area contributed by atoms with Gasteiger partial charge in [0.2, 0.25) is 20.0 Å². The van der Waals surface area contributed by atoms with Crippen LogP contribution in [0.5, 0.6) is 0 Å². The van der Waals surface area contributed by atoms with Gasteiger partial charge in [0.1, 0.15) is 0 Å². The molecule has 330 valence electrons. The normalized spacial score (nSPS) is 20.6. The lowest BCUT2D eigenvalue weighted by Gasteiger charge is -2.29. The van der Waals surface area contributed by atoms with Gasteiger partial charge in [0, 0.05) is 46.7 Å². The van der Waals surface area contributed by atoms with Crippen molar-refractivity contribution in [3.05, 3.63) is 155 Å². The summed E-state index contributed by atoms with van der Waals surface area (Å²) in [5.41, 5.74) is 8.24. The molecule has 64 heavy (non-hydrogen) atoms. The maximum Gasteiger partial charge on any atom is 0.280 e. The van der Waals surface area contributed by atoms with E-state index in [4.69, 9.17) is 10.3 Å². The Kier molecular flexibility index (Phi) is 11.2. The second-order valence-corrected chi connectivity index (χ2v) is 20.4. The van der Waals surface area contributed by atoms with Gasteiger partial charge < -0.3 is 9.80 Å². The number of primary sulfonamides is 2. The zero-order valence-electron chi connectivity index (χ0n) is 36.5. The highest BCUT2D eigenvalue weighted by Crippen LogP contribution is 2.49. The van der Waals surface area contributed by atoms with Crippen molar-refractivity contribution < 1.29 is 26.4 Å². The lowest BCUT2D eigenvalue weighted by Crippen LogP contribution is -2.29. The van der Waals surface area contributed by atoms with Crippen molar-refractivity contribution in [2.75, 3.05) is 32.9 Å². The maximum absolute atomic E-state index is 13.8. The Morgan fingerprint density at radius 3 is 1.30 bits per heavy atom. The number of amides is 2. The summed E-state index contributed by atoms with van der Waals surface area (Å²) in [6.07, 6.45) is 9.26. The van der Waals surface area contributed by atoms with E-state index in [9.17, 15) is 26.4 Å². The van der Waals surface area contributed by atoms with Crippen LogP contribution in [0.2, 0.25) is 0 Å². The molecule has 0 unspecified atom stereocenters. The van der Waals surface area contributed by atoms with Crippen molar-refractivity contribution in [3.63, 3.8) is 0 Å². The minimum absolute atomic E-state index is 0.110. The molecule has 16 heteroatoms. The zero-order chi connectivity index (χ0) is 45.9. The monoisotopic (exact) mass is 898 g/mol. The molecule has 4 aliphatic heterocycles. The molecule has 0 saturated heterocycles. The van der Waals surface area contributed by atoms with Crippen LogP contribution in [0.15, 0.2) is 164 Å². The van der Waals surface area contributed by atoms with Gasteiger partial charge in [-0.1, -0.05) is 76.2 Å². The number of carbonyl (C=O) groups excluding carboxylic acids is 2. The molecule has 4 aromatic carbocycles. The van der Waals surface area contributed by atoms with Crippen LogP contribution in [0.4, 0.5) is 22.7 Å². The summed E-state index contributed by atoms with van der Waals surface area (Å²) in [7, 11) is -7.96. The summed E-state index contributed by atoms with van der Waals surface area (Å²) in [6.45, 7) is 13.6. The number of allylic oxidation sites excluding steroid dienone is 6. The Balaban J connectivity index is 1.03. The van der Waals surface area contributed by atoms with Crippen molar-refractivity contribution >= 4 is 66.0 Å². The summed E-state index contributed by atoms with van der Waals surface area (Å²) in [5.74, 6) is -0.748. The molecule has 2 amide bonds. The largest absolute Gasteiger partial charge is 0.344 e. The smallest absolute Gasteiger partial charge is 0.280 e. The standard InChI is InChI=1S/C48H50N8O6S2/c1-31-37(45(57)55(51-31)33-15-13-17-35(29-33)63(49,59)60)23-25-43-47(3,4)39-19-7-9-21-41(39)53(43)27-11-12-28-54-42-22-10-8-20-40(42)48(5,6)44(54)26-24-38-32(2)52-56(46(38)58)34-16-14-18-36(30-34)64(50,61)62/h7-10,13-26,29-30H,11-12,27-28H2,1-6H3,(H2,49,59,60)(H2,50,61,62)/b37-23-,38-24-,43-25+,44-26+. The molecule has 0 atom stereocenters. The first kappa shape index (κ1) is 44.2. The summed E-state index contributed by atoms with van der Waals surface area (Å²) in [5, 5.41) is 22.1. The van der Waals surface area contributed by atoms with Crippen molar-refractivity contribution in [3.8, 4) is 0 Å². The van der Waals surface area contributed by atoms with Gasteiger partial charge in [-0.25, -0.2) is 27.1 Å². The molecule has 4 aromatic rings. The van der Waals surface area contributed by atoms with E-state index in [0.29, 0.717) is 47.0 Å². The average molecular weight is 899 g/mol. The van der Waals surface area contributed by atoms with E-state index in [1.54, 1.807) is 38.1 Å². The van der Waals surface area contributed by atoms with E-state index in [1.807, 2.05) is 36.4 Å². The third-order valence-electron chi connectivity index (χ3n) is 12.3. The van der Waals surface area contributed by atoms with Crippen LogP contribution in [0.25, 0.3) is 0 Å². The predicted octanol–water partition coefficient (Wildman–Crippen LogP) is 7.12. The quantitative estimate of drug-likeness (QED) is 0.117. The number of sulfonamides is 2. The van der Waals surface area contributed by atoms with Gasteiger partial charge in [-0.05, 0) is 111 Å². The Morgan fingerprint density at radius 1 is 0.547 bits per heavy atom. The number of hydrogen-bond acceptors (Lipinski definition) is 10. The zero-order valence-corrected chi connectivity index (χ0v) is 38.1. The van der Waals surface area contributed by atoms with Crippen molar-refractivity contribution in [2.45, 2.75) is 75.0 Å². The number of hydrazone groups is 2. The van der Waals surface area contributed by atoms with Crippen LogP contribution in [-0.2, 0) is 40.5 Å². The number of unbranched alkanes of at least 4 members (excludes halogenated alkanes) is 1. The Hall–Kier alpha value is -6.46. The molecule has 0 spiro atoms. The number of para-hydroxylation sites is 2. The van der Waals surface area contributed by atoms with E-state index in [1.165, 1.54) is 57.5 Å². The van der Waals surface area contributed by atoms with Gasteiger partial charge in [-0.3, -0.25) is 9.59 Å². The summed E-state index contributed by atoms with van der Waals surface area (Å²) in [6, 6.07) is 28.4. The SMILES string of the molecule is CC1=NN(c2cccc(S(N)(=O)=O)c2)C(=O)/C1=C\C=C1\N(CCCCN2/C(=C/C=C3\C(=O)N(c4cccc(S(N)(=O)=O)c4)N=C3C)C(C)(C)c3ccccc32)c2ccccc2C1(C)C. The van der Waals surface area contributed by atoms with Crippen LogP contribution in [0.3, 0.4) is 0 Å². The maximum atomic E-state index is 13.8. The second-order valence-electron chi connectivity index (χ2n) is 17.2. The van der Waals surface area contributed by atoms with Gasteiger partial charge in [0.15, 0.2) is 0 Å². The van der Waals surface area contributed by atoms with E-state index in [0.717, 1.165) is 35.6 Å². The second kappa shape index (κ2) is 16.3. The first-order chi connectivity index (χ1) is 30.2. The number of fused-ring (bicyclic) bond motifs is 2. The highest BCUT2D eigenvalue weighted by molar-refractivity contribution is 7.89. The van der Waals surface area contributed by atoms with E-state index >= 15 is 0 Å². The fourth-order valence-corrected chi connectivity index (χ4v) is 10.1. The van der Waals surface area contributed by atoms with E-state index < -0.39 is 20.0 Å². The molecule has 0 aliphatic carbocycles. The van der Waals surface area contributed by atoms with Gasteiger partial charge in [0.25, 0.3) is 11.8 Å². The van der Waals surface area contributed by atoms with E-state index in [2.05, 4.69) is 72.0 Å². The van der Waals surface area contributed by atoms with Crippen molar-refractivity contribution in [1.29, 1.82) is 0 Å². The molecular formula is C48H50N8O6S2. The lowest BCUT2D eigenvalue weighted by molar-refractivity contribution is -0.115. The van der Waals surface area contributed by atoms with Gasteiger partial charge in [0.05, 0.1) is 43.7 Å². The fraction of sp³-hybridized carbons (Fsp3) is 0.250. The Morgan fingerprint density at radius 2 is 0.922 bits per heavy atom. The van der Waals surface area contributed by atoms with Crippen LogP contribution >= 0.6 is 0 Å². The molecule has 0 bridgehead atoms. The fourth-order valence-electron chi connectivity index (χ4n) is 8.98. The predicted molar refractivity (Wildman–Crippen MR) is 252 cm³/mol. The van der Waals surface area contributed by atoms with Crippen molar-refractivity contribution in [1.82, 2.24) is 0 Å². The van der Waals surface area contributed by atoms with E-state index in [-0.39, 0.29) is 32.4 Å². The first-order valence-corrected chi connectivity index (χ1v) is 23.9. The summed E-state index contributed by atoms with van der Waals surface area (Å²) >= 11 is 0.